The molecule has 2 atom stereocenters. The Bertz CT molecular complexity index is 665. The van der Waals surface area contributed by atoms with Gasteiger partial charge in [-0.3, -0.25) is 15.2 Å². The van der Waals surface area contributed by atoms with Crippen LogP contribution in [0.5, 0.6) is 0 Å². The molecule has 96 valence electrons. The lowest BCUT2D eigenvalue weighted by Gasteiger charge is -2.21. The molecular weight excluding hydrogens is 240 g/mol. The fraction of sp³-hybridized carbons (Fsp3) is 0.286. The molecule has 2 heterocycles. The lowest BCUT2D eigenvalue weighted by Crippen LogP contribution is -2.29. The van der Waals surface area contributed by atoms with Gasteiger partial charge in [-0.1, -0.05) is 12.2 Å². The Kier molecular flexibility index (Phi) is 2.08. The highest BCUT2D eigenvalue weighted by Gasteiger charge is 2.37. The molecule has 2 aliphatic carbocycles. The van der Waals surface area contributed by atoms with Gasteiger partial charge in [-0.2, -0.15) is 5.10 Å². The van der Waals surface area contributed by atoms with E-state index in [0.29, 0.717) is 5.57 Å². The lowest BCUT2D eigenvalue weighted by molar-refractivity contribution is -0.114. The summed E-state index contributed by atoms with van der Waals surface area (Å²) in [6.45, 7) is 0. The first-order valence-electron chi connectivity index (χ1n) is 6.45. The van der Waals surface area contributed by atoms with Gasteiger partial charge in [0.25, 0.3) is 0 Å². The van der Waals surface area contributed by atoms with Crippen molar-refractivity contribution in [3.05, 3.63) is 52.4 Å². The van der Waals surface area contributed by atoms with Gasteiger partial charge in [-0.25, -0.2) is 0 Å². The zero-order valence-electron chi connectivity index (χ0n) is 10.3. The number of fused-ring (bicyclic) bond motifs is 4. The zero-order valence-corrected chi connectivity index (χ0v) is 10.3. The van der Waals surface area contributed by atoms with E-state index in [0.717, 1.165) is 18.5 Å². The van der Waals surface area contributed by atoms with Gasteiger partial charge in [0.05, 0.1) is 24.0 Å². The average molecular weight is 254 g/mol. The van der Waals surface area contributed by atoms with Gasteiger partial charge in [0.1, 0.15) is 0 Å². The topological polar surface area (TPSA) is 83.8 Å². The summed E-state index contributed by atoms with van der Waals surface area (Å²) in [6, 6.07) is 0.372. The van der Waals surface area contributed by atoms with Crippen LogP contribution < -0.4 is 11.1 Å². The molecule has 4 rings (SSSR count). The number of aromatic nitrogens is 2. The number of amides is 1. The summed E-state index contributed by atoms with van der Waals surface area (Å²) in [6.07, 6.45) is 9.65. The van der Waals surface area contributed by atoms with Crippen LogP contribution in [0.25, 0.3) is 0 Å². The fourth-order valence-corrected chi connectivity index (χ4v) is 3.23. The van der Waals surface area contributed by atoms with Crippen LogP contribution in [-0.2, 0) is 11.2 Å². The van der Waals surface area contributed by atoms with Crippen molar-refractivity contribution >= 4 is 5.91 Å². The minimum absolute atomic E-state index is 0.178. The number of hydrogen-bond donors (Lipinski definition) is 3. The Balaban J connectivity index is 1.82. The van der Waals surface area contributed by atoms with E-state index in [2.05, 4.69) is 15.5 Å². The number of H-pyrrole nitrogens is 1. The first-order chi connectivity index (χ1) is 9.24. The highest BCUT2D eigenvalue weighted by Crippen LogP contribution is 2.42. The Morgan fingerprint density at radius 1 is 1.42 bits per heavy atom. The van der Waals surface area contributed by atoms with Gasteiger partial charge in [0.15, 0.2) is 0 Å². The van der Waals surface area contributed by atoms with Gasteiger partial charge in [-0.05, 0) is 35.6 Å². The second kappa shape index (κ2) is 3.68. The summed E-state index contributed by atoms with van der Waals surface area (Å²) in [4.78, 5) is 11.3. The van der Waals surface area contributed by atoms with Crippen molar-refractivity contribution < 1.29 is 4.79 Å². The zero-order chi connectivity index (χ0) is 13.0. The maximum atomic E-state index is 11.3. The number of hydrogen-bond acceptors (Lipinski definition) is 3. The molecule has 0 radical (unpaired) electrons. The van der Waals surface area contributed by atoms with Crippen molar-refractivity contribution in [2.45, 2.75) is 24.9 Å². The number of carbonyl (C=O) groups excluding carboxylic acids is 1. The maximum Gasteiger partial charge on any atom is 0.248 e. The highest BCUT2D eigenvalue weighted by molar-refractivity contribution is 5.96. The standard InChI is InChI=1S/C14H14N4O/c15-14(19)7-2-4-11-10(5-7)9-3-1-8-6-16-18-12(8)13(9)17-11/h2,4-6,11,13,17H,1,3H2,(H2,15,19)(H,16,18). The van der Waals surface area contributed by atoms with E-state index in [1.165, 1.54) is 16.7 Å². The summed E-state index contributed by atoms with van der Waals surface area (Å²) < 4.78 is 0. The Morgan fingerprint density at radius 3 is 3.16 bits per heavy atom. The molecule has 0 spiro atoms. The molecule has 0 saturated carbocycles. The second-order valence-electron chi connectivity index (χ2n) is 5.19. The van der Waals surface area contributed by atoms with E-state index in [4.69, 9.17) is 5.73 Å². The van der Waals surface area contributed by atoms with Crippen LogP contribution in [-0.4, -0.2) is 22.1 Å². The molecule has 0 fully saturated rings. The van der Waals surface area contributed by atoms with Gasteiger partial charge < -0.3 is 5.73 Å². The molecule has 1 aliphatic heterocycles. The monoisotopic (exact) mass is 254 g/mol. The summed E-state index contributed by atoms with van der Waals surface area (Å²) >= 11 is 0. The molecule has 4 N–H and O–H groups in total. The number of nitrogens with zero attached hydrogens (tertiary/aromatic N) is 1. The summed E-state index contributed by atoms with van der Waals surface area (Å²) in [5.41, 5.74) is 10.9. The molecule has 0 aromatic carbocycles. The van der Waals surface area contributed by atoms with E-state index in [-0.39, 0.29) is 18.0 Å². The van der Waals surface area contributed by atoms with Gasteiger partial charge in [0.2, 0.25) is 5.91 Å². The molecule has 1 amide bonds. The van der Waals surface area contributed by atoms with Crippen LogP contribution in [0.15, 0.2) is 41.1 Å². The van der Waals surface area contributed by atoms with E-state index in [9.17, 15) is 4.79 Å². The molecule has 5 nitrogen and oxygen atoms in total. The van der Waals surface area contributed by atoms with Crippen LogP contribution in [0, 0.1) is 0 Å². The first kappa shape index (κ1) is 10.8. The molecule has 0 saturated heterocycles. The number of carbonyl (C=O) groups is 1. The second-order valence-corrected chi connectivity index (χ2v) is 5.19. The average Bonchev–Trinajstić information content (AvgIpc) is 3.01. The summed E-state index contributed by atoms with van der Waals surface area (Å²) in [5, 5.41) is 10.8. The van der Waals surface area contributed by atoms with Gasteiger partial charge in [0, 0.05) is 5.57 Å². The smallest absolute Gasteiger partial charge is 0.248 e. The number of primary amides is 1. The number of nitrogens with one attached hydrogen (secondary N) is 2. The Hall–Kier alpha value is -2.14. The number of aryl methyl sites for hydroxylation is 1. The van der Waals surface area contributed by atoms with Crippen molar-refractivity contribution in [2.75, 3.05) is 0 Å². The highest BCUT2D eigenvalue weighted by atomic mass is 16.1. The van der Waals surface area contributed by atoms with E-state index < -0.39 is 0 Å². The van der Waals surface area contributed by atoms with Crippen molar-refractivity contribution in [1.29, 1.82) is 0 Å². The minimum atomic E-state index is -0.371. The molecule has 19 heavy (non-hydrogen) atoms. The molecule has 5 heteroatoms. The third-order valence-corrected chi connectivity index (χ3v) is 4.17. The number of rotatable bonds is 1. The third kappa shape index (κ3) is 1.45. The van der Waals surface area contributed by atoms with Crippen molar-refractivity contribution in [3.8, 4) is 0 Å². The largest absolute Gasteiger partial charge is 0.366 e. The predicted octanol–water partition coefficient (Wildman–Crippen LogP) is 0.647. The number of nitrogens with two attached hydrogens (primary N) is 1. The fourth-order valence-electron chi connectivity index (χ4n) is 3.23. The Morgan fingerprint density at radius 2 is 2.32 bits per heavy atom. The van der Waals surface area contributed by atoms with Gasteiger partial charge in [-0.15, -0.1) is 0 Å². The van der Waals surface area contributed by atoms with Crippen molar-refractivity contribution in [1.82, 2.24) is 15.5 Å². The molecule has 0 bridgehead atoms. The normalized spacial score (nSPS) is 27.7. The Labute approximate surface area is 110 Å². The summed E-state index contributed by atoms with van der Waals surface area (Å²) in [7, 11) is 0. The molecule has 3 aliphatic rings. The molecule has 1 aromatic rings. The minimum Gasteiger partial charge on any atom is -0.366 e. The summed E-state index contributed by atoms with van der Waals surface area (Å²) in [5.74, 6) is -0.371. The van der Waals surface area contributed by atoms with Crippen molar-refractivity contribution in [2.24, 2.45) is 5.73 Å². The van der Waals surface area contributed by atoms with E-state index in [1.807, 2.05) is 18.3 Å². The van der Waals surface area contributed by atoms with Crippen LogP contribution in [0.1, 0.15) is 23.7 Å². The quantitative estimate of drug-likeness (QED) is 0.688. The van der Waals surface area contributed by atoms with Crippen LogP contribution >= 0.6 is 0 Å². The lowest BCUT2D eigenvalue weighted by atomic mass is 9.86. The first-order valence-corrected chi connectivity index (χ1v) is 6.45. The van der Waals surface area contributed by atoms with E-state index in [1.54, 1.807) is 6.08 Å². The molecular formula is C14H14N4O. The number of aromatic amines is 1. The van der Waals surface area contributed by atoms with Gasteiger partial charge >= 0.3 is 0 Å². The predicted molar refractivity (Wildman–Crippen MR) is 70.0 cm³/mol. The van der Waals surface area contributed by atoms with Crippen molar-refractivity contribution in [3.63, 3.8) is 0 Å². The molecule has 2 unspecified atom stereocenters. The molecule has 1 aromatic heterocycles. The maximum absolute atomic E-state index is 11.3. The van der Waals surface area contributed by atoms with E-state index >= 15 is 0 Å². The van der Waals surface area contributed by atoms with Crippen LogP contribution in [0.3, 0.4) is 0 Å². The van der Waals surface area contributed by atoms with Crippen LogP contribution in [0.2, 0.25) is 0 Å². The third-order valence-electron chi connectivity index (χ3n) is 4.17. The SMILES string of the molecule is NC(=O)C1=CC2=C3CCc4cn[nH]c4C3NC2C=C1. The van der Waals surface area contributed by atoms with Crippen LogP contribution in [0.4, 0.5) is 0 Å².